The minimum Gasteiger partial charge on any atom is -0.388 e. The first-order valence-electron chi connectivity index (χ1n) is 6.43. The standard InChI is InChI=1S/C16H17BrFNO/c1-10-13(3-2-4-15(10)17)16(20)14(9-19)11-5-7-12(18)8-6-11/h2-8,14,16,20H,9,19H2,1H3. The van der Waals surface area contributed by atoms with E-state index in [4.69, 9.17) is 5.73 Å². The van der Waals surface area contributed by atoms with Gasteiger partial charge in [-0.3, -0.25) is 0 Å². The molecule has 2 rings (SSSR count). The number of nitrogens with two attached hydrogens (primary N) is 1. The van der Waals surface area contributed by atoms with Crippen LogP contribution in [0.4, 0.5) is 4.39 Å². The highest BCUT2D eigenvalue weighted by molar-refractivity contribution is 9.10. The Kier molecular flexibility index (Phi) is 4.91. The summed E-state index contributed by atoms with van der Waals surface area (Å²) in [5, 5.41) is 10.6. The van der Waals surface area contributed by atoms with E-state index in [1.807, 2.05) is 25.1 Å². The number of halogens is 2. The Hall–Kier alpha value is -1.23. The lowest BCUT2D eigenvalue weighted by Gasteiger charge is -2.24. The molecule has 0 spiro atoms. The van der Waals surface area contributed by atoms with Crippen molar-refractivity contribution in [1.29, 1.82) is 0 Å². The lowest BCUT2D eigenvalue weighted by molar-refractivity contribution is 0.146. The van der Waals surface area contributed by atoms with Gasteiger partial charge in [0.25, 0.3) is 0 Å². The van der Waals surface area contributed by atoms with Gasteiger partial charge in [-0.1, -0.05) is 40.2 Å². The van der Waals surface area contributed by atoms with Crippen molar-refractivity contribution in [3.8, 4) is 0 Å². The predicted molar refractivity (Wildman–Crippen MR) is 82.0 cm³/mol. The molecule has 2 aromatic carbocycles. The topological polar surface area (TPSA) is 46.2 Å². The summed E-state index contributed by atoms with van der Waals surface area (Å²) in [6.07, 6.45) is -0.719. The second kappa shape index (κ2) is 6.48. The van der Waals surface area contributed by atoms with Gasteiger partial charge in [-0.15, -0.1) is 0 Å². The zero-order valence-corrected chi connectivity index (χ0v) is 12.8. The van der Waals surface area contributed by atoms with Gasteiger partial charge in [0.05, 0.1) is 6.10 Å². The molecule has 0 saturated heterocycles. The Labute approximate surface area is 126 Å². The highest BCUT2D eigenvalue weighted by atomic mass is 79.9. The van der Waals surface area contributed by atoms with E-state index in [9.17, 15) is 9.50 Å². The Balaban J connectivity index is 2.36. The van der Waals surface area contributed by atoms with Crippen LogP contribution in [0, 0.1) is 12.7 Å². The maximum Gasteiger partial charge on any atom is 0.123 e. The monoisotopic (exact) mass is 337 g/mol. The van der Waals surface area contributed by atoms with Gasteiger partial charge in [0, 0.05) is 16.9 Å². The van der Waals surface area contributed by atoms with Gasteiger partial charge in [0.2, 0.25) is 0 Å². The van der Waals surface area contributed by atoms with Gasteiger partial charge >= 0.3 is 0 Å². The molecular formula is C16H17BrFNO. The van der Waals surface area contributed by atoms with Crippen LogP contribution in [0.2, 0.25) is 0 Å². The number of hydrogen-bond acceptors (Lipinski definition) is 2. The van der Waals surface area contributed by atoms with Gasteiger partial charge in [-0.25, -0.2) is 4.39 Å². The fourth-order valence-electron chi connectivity index (χ4n) is 2.32. The summed E-state index contributed by atoms with van der Waals surface area (Å²) in [4.78, 5) is 0. The first-order valence-corrected chi connectivity index (χ1v) is 7.22. The van der Waals surface area contributed by atoms with Crippen LogP contribution in [0.25, 0.3) is 0 Å². The lowest BCUT2D eigenvalue weighted by atomic mass is 9.87. The Morgan fingerprint density at radius 2 is 1.85 bits per heavy atom. The molecule has 4 heteroatoms. The molecule has 2 nitrogen and oxygen atoms in total. The van der Waals surface area contributed by atoms with Crippen LogP contribution >= 0.6 is 15.9 Å². The molecule has 0 bridgehead atoms. The molecule has 20 heavy (non-hydrogen) atoms. The van der Waals surface area contributed by atoms with Gasteiger partial charge in [-0.2, -0.15) is 0 Å². The Morgan fingerprint density at radius 3 is 2.45 bits per heavy atom. The zero-order chi connectivity index (χ0) is 14.7. The molecule has 0 saturated carbocycles. The molecule has 0 radical (unpaired) electrons. The molecule has 2 unspecified atom stereocenters. The number of benzene rings is 2. The highest BCUT2D eigenvalue weighted by Gasteiger charge is 2.23. The summed E-state index contributed by atoms with van der Waals surface area (Å²) in [6, 6.07) is 11.8. The van der Waals surface area contributed by atoms with Gasteiger partial charge in [-0.05, 0) is 41.8 Å². The van der Waals surface area contributed by atoms with Crippen LogP contribution in [0.15, 0.2) is 46.9 Å². The van der Waals surface area contributed by atoms with E-state index in [-0.39, 0.29) is 11.7 Å². The smallest absolute Gasteiger partial charge is 0.123 e. The van der Waals surface area contributed by atoms with Crippen LogP contribution in [0.5, 0.6) is 0 Å². The average molecular weight is 338 g/mol. The van der Waals surface area contributed by atoms with Crippen LogP contribution in [-0.2, 0) is 0 Å². The molecular weight excluding hydrogens is 321 g/mol. The first-order chi connectivity index (χ1) is 9.54. The second-order valence-electron chi connectivity index (χ2n) is 4.79. The molecule has 2 aromatic rings. The third-order valence-electron chi connectivity index (χ3n) is 3.56. The molecule has 106 valence electrons. The van der Waals surface area contributed by atoms with Crippen molar-refractivity contribution in [3.63, 3.8) is 0 Å². The Bertz CT molecular complexity index is 586. The molecule has 0 amide bonds. The van der Waals surface area contributed by atoms with E-state index in [2.05, 4.69) is 15.9 Å². The van der Waals surface area contributed by atoms with Crippen LogP contribution in [-0.4, -0.2) is 11.7 Å². The summed E-state index contributed by atoms with van der Waals surface area (Å²) >= 11 is 3.46. The quantitative estimate of drug-likeness (QED) is 0.893. The molecule has 0 aliphatic heterocycles. The maximum absolute atomic E-state index is 13.0. The SMILES string of the molecule is Cc1c(Br)cccc1C(O)C(CN)c1ccc(F)cc1. The molecule has 0 heterocycles. The molecule has 3 N–H and O–H groups in total. The van der Waals surface area contributed by atoms with Gasteiger partial charge < -0.3 is 10.8 Å². The third kappa shape index (κ3) is 3.08. The van der Waals surface area contributed by atoms with Gasteiger partial charge in [0.1, 0.15) is 5.82 Å². The number of rotatable bonds is 4. The van der Waals surface area contributed by atoms with E-state index in [1.54, 1.807) is 12.1 Å². The van der Waals surface area contributed by atoms with Crippen molar-refractivity contribution in [2.75, 3.05) is 6.54 Å². The normalized spacial score (nSPS) is 14.1. The zero-order valence-electron chi connectivity index (χ0n) is 11.2. The summed E-state index contributed by atoms with van der Waals surface area (Å²) in [6.45, 7) is 2.24. The van der Waals surface area contributed by atoms with E-state index >= 15 is 0 Å². The summed E-state index contributed by atoms with van der Waals surface area (Å²) in [5.74, 6) is -0.554. The van der Waals surface area contributed by atoms with E-state index in [0.717, 1.165) is 21.2 Å². The number of hydrogen-bond donors (Lipinski definition) is 2. The summed E-state index contributed by atoms with van der Waals surface area (Å²) < 4.78 is 13.9. The van der Waals surface area contributed by atoms with Crippen molar-refractivity contribution in [3.05, 3.63) is 69.4 Å². The van der Waals surface area contributed by atoms with Crippen molar-refractivity contribution in [2.45, 2.75) is 18.9 Å². The van der Waals surface area contributed by atoms with Crippen LogP contribution in [0.1, 0.15) is 28.7 Å². The minimum atomic E-state index is -0.719. The fourth-order valence-corrected chi connectivity index (χ4v) is 2.70. The van der Waals surface area contributed by atoms with E-state index in [1.165, 1.54) is 12.1 Å². The maximum atomic E-state index is 13.0. The minimum absolute atomic E-state index is 0.261. The first kappa shape index (κ1) is 15.2. The van der Waals surface area contributed by atoms with Crippen LogP contribution < -0.4 is 5.73 Å². The van der Waals surface area contributed by atoms with Crippen LogP contribution in [0.3, 0.4) is 0 Å². The number of aliphatic hydroxyl groups is 1. The average Bonchev–Trinajstić information content (AvgIpc) is 2.44. The van der Waals surface area contributed by atoms with Gasteiger partial charge in [0.15, 0.2) is 0 Å². The second-order valence-corrected chi connectivity index (χ2v) is 5.65. The number of aliphatic hydroxyl groups excluding tert-OH is 1. The lowest BCUT2D eigenvalue weighted by Crippen LogP contribution is -2.20. The predicted octanol–water partition coefficient (Wildman–Crippen LogP) is 3.67. The van der Waals surface area contributed by atoms with Crippen molar-refractivity contribution in [2.24, 2.45) is 5.73 Å². The Morgan fingerprint density at radius 1 is 1.20 bits per heavy atom. The van der Waals surface area contributed by atoms with Crippen molar-refractivity contribution >= 4 is 15.9 Å². The third-order valence-corrected chi connectivity index (χ3v) is 4.42. The molecule has 0 aromatic heterocycles. The molecule has 0 aliphatic rings. The van der Waals surface area contributed by atoms with Crippen molar-refractivity contribution < 1.29 is 9.50 Å². The largest absolute Gasteiger partial charge is 0.388 e. The van der Waals surface area contributed by atoms with E-state index < -0.39 is 6.10 Å². The highest BCUT2D eigenvalue weighted by Crippen LogP contribution is 2.34. The summed E-state index contributed by atoms with van der Waals surface area (Å²) in [5.41, 5.74) is 8.46. The fraction of sp³-hybridized carbons (Fsp3) is 0.250. The summed E-state index contributed by atoms with van der Waals surface area (Å²) in [7, 11) is 0. The molecule has 2 atom stereocenters. The van der Waals surface area contributed by atoms with Crippen molar-refractivity contribution in [1.82, 2.24) is 0 Å². The molecule has 0 fully saturated rings. The van der Waals surface area contributed by atoms with E-state index in [0.29, 0.717) is 6.54 Å². The molecule has 0 aliphatic carbocycles.